The Balaban J connectivity index is 1.82. The van der Waals surface area contributed by atoms with Gasteiger partial charge in [0.25, 0.3) is 5.56 Å². The van der Waals surface area contributed by atoms with Gasteiger partial charge in [0, 0.05) is 0 Å². The molecule has 104 valence electrons. The van der Waals surface area contributed by atoms with E-state index in [2.05, 4.69) is 19.9 Å². The standard InChI is InChI=1S/C14H10N4O3/c19-13-11-12(16-8-17-13)15-6-10(18-11)14(20)21-7-9-4-2-1-3-5-9/h1-6,8H,7H2,(H,15,16,17,19). The van der Waals surface area contributed by atoms with Crippen molar-refractivity contribution in [1.29, 1.82) is 0 Å². The van der Waals surface area contributed by atoms with Gasteiger partial charge < -0.3 is 9.72 Å². The Kier molecular flexibility index (Phi) is 3.38. The fourth-order valence-corrected chi connectivity index (χ4v) is 1.75. The molecule has 2 heterocycles. The normalized spacial score (nSPS) is 10.5. The van der Waals surface area contributed by atoms with Crippen LogP contribution in [0.5, 0.6) is 0 Å². The summed E-state index contributed by atoms with van der Waals surface area (Å²) in [6, 6.07) is 9.26. The quantitative estimate of drug-likeness (QED) is 0.721. The number of nitrogens with zero attached hydrogens (tertiary/aromatic N) is 3. The van der Waals surface area contributed by atoms with E-state index in [1.165, 1.54) is 12.5 Å². The molecule has 0 radical (unpaired) electrons. The van der Waals surface area contributed by atoms with Crippen LogP contribution in [0.25, 0.3) is 11.2 Å². The van der Waals surface area contributed by atoms with Gasteiger partial charge in [0.1, 0.15) is 6.61 Å². The second-order valence-corrected chi connectivity index (χ2v) is 4.22. The molecule has 3 aromatic rings. The summed E-state index contributed by atoms with van der Waals surface area (Å²) >= 11 is 0. The lowest BCUT2D eigenvalue weighted by molar-refractivity contribution is 0.0465. The van der Waals surface area contributed by atoms with Crippen LogP contribution in [0.2, 0.25) is 0 Å². The molecule has 0 saturated carbocycles. The molecule has 0 atom stereocenters. The van der Waals surface area contributed by atoms with E-state index < -0.39 is 11.5 Å². The van der Waals surface area contributed by atoms with Crippen molar-refractivity contribution in [3.05, 3.63) is 64.5 Å². The Morgan fingerprint density at radius 2 is 2.00 bits per heavy atom. The maximum absolute atomic E-state index is 11.9. The largest absolute Gasteiger partial charge is 0.456 e. The highest BCUT2D eigenvalue weighted by atomic mass is 16.5. The molecule has 0 aliphatic heterocycles. The summed E-state index contributed by atoms with van der Waals surface area (Å²) in [7, 11) is 0. The van der Waals surface area contributed by atoms with E-state index in [4.69, 9.17) is 4.74 Å². The molecule has 1 aromatic carbocycles. The molecule has 2 aromatic heterocycles. The molecule has 7 heteroatoms. The Morgan fingerprint density at radius 3 is 2.81 bits per heavy atom. The number of benzene rings is 1. The summed E-state index contributed by atoms with van der Waals surface area (Å²) in [5, 5.41) is 0. The average Bonchev–Trinajstić information content (AvgIpc) is 2.54. The van der Waals surface area contributed by atoms with Crippen LogP contribution in [0.4, 0.5) is 0 Å². The summed E-state index contributed by atoms with van der Waals surface area (Å²) in [5.41, 5.74) is 0.561. The van der Waals surface area contributed by atoms with E-state index >= 15 is 0 Å². The van der Waals surface area contributed by atoms with Crippen molar-refractivity contribution < 1.29 is 9.53 Å². The smallest absolute Gasteiger partial charge is 0.358 e. The Morgan fingerprint density at radius 1 is 1.19 bits per heavy atom. The zero-order valence-corrected chi connectivity index (χ0v) is 10.8. The van der Waals surface area contributed by atoms with Crippen molar-refractivity contribution in [3.63, 3.8) is 0 Å². The van der Waals surface area contributed by atoms with Crippen molar-refractivity contribution in [2.45, 2.75) is 6.61 Å². The van der Waals surface area contributed by atoms with Crippen LogP contribution in [0.15, 0.2) is 47.7 Å². The number of carbonyl (C=O) groups is 1. The minimum absolute atomic E-state index is 0.00617. The molecule has 0 amide bonds. The van der Waals surface area contributed by atoms with Crippen molar-refractivity contribution in [2.75, 3.05) is 0 Å². The van der Waals surface area contributed by atoms with Gasteiger partial charge in [-0.1, -0.05) is 30.3 Å². The van der Waals surface area contributed by atoms with Crippen molar-refractivity contribution in [3.8, 4) is 0 Å². The average molecular weight is 282 g/mol. The second kappa shape index (κ2) is 5.49. The van der Waals surface area contributed by atoms with Crippen LogP contribution in [0.1, 0.15) is 16.1 Å². The van der Waals surface area contributed by atoms with Crippen LogP contribution in [-0.4, -0.2) is 25.9 Å². The van der Waals surface area contributed by atoms with Gasteiger partial charge in [0.2, 0.25) is 0 Å². The number of nitrogens with one attached hydrogen (secondary N) is 1. The molecule has 1 N–H and O–H groups in total. The monoisotopic (exact) mass is 282 g/mol. The van der Waals surface area contributed by atoms with Crippen LogP contribution < -0.4 is 5.56 Å². The van der Waals surface area contributed by atoms with E-state index in [0.717, 1.165) is 5.56 Å². The number of carbonyl (C=O) groups excluding carboxylic acids is 1. The van der Waals surface area contributed by atoms with Crippen LogP contribution >= 0.6 is 0 Å². The first kappa shape index (κ1) is 12.9. The molecule has 21 heavy (non-hydrogen) atoms. The van der Waals surface area contributed by atoms with Gasteiger partial charge in [0.05, 0.1) is 12.5 Å². The molecule has 7 nitrogen and oxygen atoms in total. The van der Waals surface area contributed by atoms with Gasteiger partial charge >= 0.3 is 5.97 Å². The maximum Gasteiger partial charge on any atom is 0.358 e. The molecule has 0 unspecified atom stereocenters. The van der Waals surface area contributed by atoms with E-state index in [1.807, 2.05) is 30.3 Å². The Labute approximate surface area is 118 Å². The molecule has 0 bridgehead atoms. The first-order valence-electron chi connectivity index (χ1n) is 6.15. The highest BCUT2D eigenvalue weighted by molar-refractivity contribution is 5.88. The van der Waals surface area contributed by atoms with Crippen molar-refractivity contribution in [1.82, 2.24) is 19.9 Å². The predicted octanol–water partition coefficient (Wildman–Crippen LogP) is 1.07. The number of aromatic nitrogens is 4. The molecular formula is C14H10N4O3. The summed E-state index contributed by atoms with van der Waals surface area (Å²) in [5.74, 6) is -0.642. The molecule has 3 rings (SSSR count). The van der Waals surface area contributed by atoms with Crippen LogP contribution in [0, 0.1) is 0 Å². The SMILES string of the molecule is O=C(OCc1ccccc1)c1cnc2nc[nH]c(=O)c2n1. The molecule has 0 aliphatic rings. The minimum Gasteiger partial charge on any atom is -0.456 e. The van der Waals surface area contributed by atoms with Gasteiger partial charge in [0.15, 0.2) is 16.9 Å². The third kappa shape index (κ3) is 2.76. The summed E-state index contributed by atoms with van der Waals surface area (Å²) in [6.45, 7) is 0.128. The summed E-state index contributed by atoms with van der Waals surface area (Å²) in [4.78, 5) is 37.6. The van der Waals surface area contributed by atoms with Crippen molar-refractivity contribution in [2.24, 2.45) is 0 Å². The van der Waals surface area contributed by atoms with Crippen LogP contribution in [-0.2, 0) is 11.3 Å². The maximum atomic E-state index is 11.9. The van der Waals surface area contributed by atoms with E-state index in [1.54, 1.807) is 0 Å². The molecule has 0 aliphatic carbocycles. The van der Waals surface area contributed by atoms with Gasteiger partial charge in [-0.15, -0.1) is 0 Å². The fourth-order valence-electron chi connectivity index (χ4n) is 1.75. The Hall–Kier alpha value is -3.09. The number of fused-ring (bicyclic) bond motifs is 1. The zero-order chi connectivity index (χ0) is 14.7. The van der Waals surface area contributed by atoms with E-state index in [-0.39, 0.29) is 23.5 Å². The van der Waals surface area contributed by atoms with E-state index in [0.29, 0.717) is 0 Å². The van der Waals surface area contributed by atoms with E-state index in [9.17, 15) is 9.59 Å². The van der Waals surface area contributed by atoms with Gasteiger partial charge in [-0.2, -0.15) is 0 Å². The molecule has 0 saturated heterocycles. The summed E-state index contributed by atoms with van der Waals surface area (Å²) < 4.78 is 5.13. The lowest BCUT2D eigenvalue weighted by Gasteiger charge is -2.04. The molecule has 0 spiro atoms. The van der Waals surface area contributed by atoms with Crippen molar-refractivity contribution >= 4 is 17.1 Å². The van der Waals surface area contributed by atoms with Crippen LogP contribution in [0.3, 0.4) is 0 Å². The van der Waals surface area contributed by atoms with Gasteiger partial charge in [-0.25, -0.2) is 19.7 Å². The fraction of sp³-hybridized carbons (Fsp3) is 0.0714. The van der Waals surface area contributed by atoms with Gasteiger partial charge in [-0.3, -0.25) is 4.79 Å². The Bertz CT molecular complexity index is 845. The number of H-pyrrole nitrogens is 1. The highest BCUT2D eigenvalue weighted by Crippen LogP contribution is 2.05. The predicted molar refractivity (Wildman–Crippen MR) is 73.5 cm³/mol. The summed E-state index contributed by atoms with van der Waals surface area (Å²) in [6.07, 6.45) is 2.47. The topological polar surface area (TPSA) is 97.8 Å². The third-order valence-electron chi connectivity index (χ3n) is 2.77. The number of hydrogen-bond acceptors (Lipinski definition) is 6. The highest BCUT2D eigenvalue weighted by Gasteiger charge is 2.12. The van der Waals surface area contributed by atoms with Gasteiger partial charge in [-0.05, 0) is 5.56 Å². The second-order valence-electron chi connectivity index (χ2n) is 4.22. The number of hydrogen-bond donors (Lipinski definition) is 1. The minimum atomic E-state index is -0.642. The first-order chi connectivity index (χ1) is 10.2. The first-order valence-corrected chi connectivity index (χ1v) is 6.15. The lowest BCUT2D eigenvalue weighted by Crippen LogP contribution is -2.14. The molecule has 0 fully saturated rings. The third-order valence-corrected chi connectivity index (χ3v) is 2.77. The number of aromatic amines is 1. The zero-order valence-electron chi connectivity index (χ0n) is 10.8. The molecular weight excluding hydrogens is 272 g/mol. The number of ether oxygens (including phenoxy) is 1. The number of rotatable bonds is 3. The number of esters is 1. The lowest BCUT2D eigenvalue weighted by atomic mass is 10.2.